The largest absolute Gasteiger partial charge is 0.497 e. The molecule has 19 heavy (non-hydrogen) atoms. The number of methoxy groups -OCH3 is 1. The van der Waals surface area contributed by atoms with Gasteiger partial charge in [-0.15, -0.1) is 0 Å². The van der Waals surface area contributed by atoms with Crippen molar-refractivity contribution in [2.45, 2.75) is 0 Å². The number of hydrogen-bond acceptors (Lipinski definition) is 4. The molecule has 0 spiro atoms. The first-order chi connectivity index (χ1) is 9.10. The standard InChI is InChI=1S/C13H13N3O3/c1-16-12(17)7-6-11(15-16)13(18)14-9-4-3-5-10(8-9)19-2/h3-8H,1-2H3,(H,14,18). The van der Waals surface area contributed by atoms with Gasteiger partial charge in [-0.3, -0.25) is 9.59 Å². The molecule has 1 aromatic carbocycles. The molecule has 0 aliphatic heterocycles. The molecule has 1 heterocycles. The van der Waals surface area contributed by atoms with Gasteiger partial charge in [-0.05, 0) is 18.2 Å². The lowest BCUT2D eigenvalue weighted by atomic mass is 10.3. The number of nitrogens with one attached hydrogen (secondary N) is 1. The number of aryl methyl sites for hydroxylation is 1. The predicted molar refractivity (Wildman–Crippen MR) is 70.4 cm³/mol. The van der Waals surface area contributed by atoms with Crippen molar-refractivity contribution in [1.29, 1.82) is 0 Å². The number of anilines is 1. The van der Waals surface area contributed by atoms with Gasteiger partial charge in [-0.25, -0.2) is 4.68 Å². The maximum absolute atomic E-state index is 11.9. The van der Waals surface area contributed by atoms with Crippen molar-refractivity contribution in [2.75, 3.05) is 12.4 Å². The molecular formula is C13H13N3O3. The summed E-state index contributed by atoms with van der Waals surface area (Å²) < 4.78 is 6.18. The summed E-state index contributed by atoms with van der Waals surface area (Å²) in [6, 6.07) is 9.66. The number of amides is 1. The Labute approximate surface area is 109 Å². The number of rotatable bonds is 3. The van der Waals surface area contributed by atoms with Crippen LogP contribution >= 0.6 is 0 Å². The summed E-state index contributed by atoms with van der Waals surface area (Å²) >= 11 is 0. The van der Waals surface area contributed by atoms with Crippen molar-refractivity contribution < 1.29 is 9.53 Å². The molecule has 1 N–H and O–H groups in total. The van der Waals surface area contributed by atoms with Crippen LogP contribution in [0.4, 0.5) is 5.69 Å². The molecule has 1 amide bonds. The van der Waals surface area contributed by atoms with Crippen molar-refractivity contribution >= 4 is 11.6 Å². The number of carbonyl (C=O) groups excluding carboxylic acids is 1. The molecule has 0 bridgehead atoms. The van der Waals surface area contributed by atoms with Crippen LogP contribution in [0, 0.1) is 0 Å². The molecule has 6 heteroatoms. The summed E-state index contributed by atoms with van der Waals surface area (Å²) in [6.07, 6.45) is 0. The van der Waals surface area contributed by atoms with Crippen molar-refractivity contribution in [3.05, 3.63) is 52.4 Å². The fourth-order valence-corrected chi connectivity index (χ4v) is 1.52. The lowest BCUT2D eigenvalue weighted by Gasteiger charge is -2.07. The van der Waals surface area contributed by atoms with Crippen LogP contribution in [-0.2, 0) is 7.05 Å². The van der Waals surface area contributed by atoms with Gasteiger partial charge in [0.15, 0.2) is 0 Å². The number of carbonyl (C=O) groups is 1. The van der Waals surface area contributed by atoms with Gasteiger partial charge in [0.1, 0.15) is 11.4 Å². The number of hydrogen-bond donors (Lipinski definition) is 1. The summed E-state index contributed by atoms with van der Waals surface area (Å²) in [7, 11) is 3.04. The highest BCUT2D eigenvalue weighted by atomic mass is 16.5. The Kier molecular flexibility index (Phi) is 3.61. The van der Waals surface area contributed by atoms with E-state index in [4.69, 9.17) is 4.74 Å². The van der Waals surface area contributed by atoms with Gasteiger partial charge in [0.25, 0.3) is 11.5 Å². The molecule has 0 aliphatic rings. The summed E-state index contributed by atoms with van der Waals surface area (Å²) in [5.74, 6) is 0.259. The van der Waals surface area contributed by atoms with E-state index in [1.807, 2.05) is 0 Å². The first-order valence-electron chi connectivity index (χ1n) is 5.60. The van der Waals surface area contributed by atoms with Gasteiger partial charge in [-0.1, -0.05) is 6.07 Å². The van der Waals surface area contributed by atoms with Crippen molar-refractivity contribution in [3.63, 3.8) is 0 Å². The van der Waals surface area contributed by atoms with Crippen LogP contribution < -0.4 is 15.6 Å². The van der Waals surface area contributed by atoms with Gasteiger partial charge in [0, 0.05) is 24.9 Å². The fraction of sp³-hybridized carbons (Fsp3) is 0.154. The van der Waals surface area contributed by atoms with Gasteiger partial charge in [0.05, 0.1) is 7.11 Å². The highest BCUT2D eigenvalue weighted by molar-refractivity contribution is 6.02. The summed E-state index contributed by atoms with van der Waals surface area (Å²) in [4.78, 5) is 23.1. The molecular weight excluding hydrogens is 246 g/mol. The van der Waals surface area contributed by atoms with Crippen molar-refractivity contribution in [1.82, 2.24) is 9.78 Å². The van der Waals surface area contributed by atoms with Crippen LogP contribution in [0.2, 0.25) is 0 Å². The maximum atomic E-state index is 11.9. The zero-order valence-corrected chi connectivity index (χ0v) is 10.6. The third kappa shape index (κ3) is 2.98. The van der Waals surface area contributed by atoms with E-state index in [-0.39, 0.29) is 17.2 Å². The average Bonchev–Trinajstić information content (AvgIpc) is 2.42. The van der Waals surface area contributed by atoms with E-state index in [0.29, 0.717) is 11.4 Å². The van der Waals surface area contributed by atoms with Gasteiger partial charge in [-0.2, -0.15) is 5.10 Å². The Morgan fingerprint density at radius 2 is 2.11 bits per heavy atom. The van der Waals surface area contributed by atoms with Crippen LogP contribution in [0.25, 0.3) is 0 Å². The predicted octanol–water partition coefficient (Wildman–Crippen LogP) is 1.04. The van der Waals surface area contributed by atoms with Crippen molar-refractivity contribution in [2.24, 2.45) is 7.05 Å². The average molecular weight is 259 g/mol. The zero-order valence-electron chi connectivity index (χ0n) is 10.6. The van der Waals surface area contributed by atoms with E-state index in [9.17, 15) is 9.59 Å². The van der Waals surface area contributed by atoms with Crippen LogP contribution in [0.1, 0.15) is 10.5 Å². The molecule has 6 nitrogen and oxygen atoms in total. The lowest BCUT2D eigenvalue weighted by molar-refractivity contribution is 0.102. The van der Waals surface area contributed by atoms with E-state index in [1.165, 1.54) is 19.2 Å². The molecule has 0 fully saturated rings. The highest BCUT2D eigenvalue weighted by Crippen LogP contribution is 2.17. The third-order valence-corrected chi connectivity index (χ3v) is 2.52. The van der Waals surface area contributed by atoms with E-state index >= 15 is 0 Å². The Balaban J connectivity index is 2.20. The third-order valence-electron chi connectivity index (χ3n) is 2.52. The molecule has 2 rings (SSSR count). The molecule has 1 aromatic heterocycles. The summed E-state index contributed by atoms with van der Waals surface area (Å²) in [6.45, 7) is 0. The van der Waals surface area contributed by atoms with E-state index in [2.05, 4.69) is 10.4 Å². The Morgan fingerprint density at radius 3 is 2.79 bits per heavy atom. The van der Waals surface area contributed by atoms with Crippen LogP contribution in [0.15, 0.2) is 41.2 Å². The molecule has 0 radical (unpaired) electrons. The van der Waals surface area contributed by atoms with Gasteiger partial charge in [0.2, 0.25) is 0 Å². The number of aromatic nitrogens is 2. The van der Waals surface area contributed by atoms with Crippen molar-refractivity contribution in [3.8, 4) is 5.75 Å². The van der Waals surface area contributed by atoms with Crippen LogP contribution in [-0.4, -0.2) is 22.8 Å². The molecule has 0 saturated heterocycles. The first kappa shape index (κ1) is 12.8. The second-order valence-corrected chi connectivity index (χ2v) is 3.87. The molecule has 98 valence electrons. The second-order valence-electron chi connectivity index (χ2n) is 3.87. The number of ether oxygens (including phenoxy) is 1. The quantitative estimate of drug-likeness (QED) is 0.893. The minimum Gasteiger partial charge on any atom is -0.497 e. The molecule has 0 unspecified atom stereocenters. The fourth-order valence-electron chi connectivity index (χ4n) is 1.52. The Bertz CT molecular complexity index is 664. The first-order valence-corrected chi connectivity index (χ1v) is 5.60. The van der Waals surface area contributed by atoms with E-state index in [1.54, 1.807) is 31.4 Å². The van der Waals surface area contributed by atoms with Crippen LogP contribution in [0.3, 0.4) is 0 Å². The number of benzene rings is 1. The topological polar surface area (TPSA) is 73.2 Å². The van der Waals surface area contributed by atoms with E-state index in [0.717, 1.165) is 4.68 Å². The highest BCUT2D eigenvalue weighted by Gasteiger charge is 2.09. The number of nitrogens with zero attached hydrogens (tertiary/aromatic N) is 2. The second kappa shape index (κ2) is 5.34. The minimum atomic E-state index is -0.385. The zero-order chi connectivity index (χ0) is 13.8. The Hall–Kier alpha value is -2.63. The van der Waals surface area contributed by atoms with Gasteiger partial charge >= 0.3 is 0 Å². The molecule has 0 saturated carbocycles. The lowest BCUT2D eigenvalue weighted by Crippen LogP contribution is -2.23. The Morgan fingerprint density at radius 1 is 1.32 bits per heavy atom. The SMILES string of the molecule is COc1cccc(NC(=O)c2ccc(=O)n(C)n2)c1. The van der Waals surface area contributed by atoms with Crippen LogP contribution in [0.5, 0.6) is 5.75 Å². The van der Waals surface area contributed by atoms with E-state index < -0.39 is 0 Å². The van der Waals surface area contributed by atoms with Gasteiger partial charge < -0.3 is 10.1 Å². The molecule has 0 atom stereocenters. The monoisotopic (exact) mass is 259 g/mol. The summed E-state index contributed by atoms with van der Waals surface area (Å²) in [5, 5.41) is 6.56. The molecule has 0 aliphatic carbocycles. The maximum Gasteiger partial charge on any atom is 0.276 e. The smallest absolute Gasteiger partial charge is 0.276 e. The minimum absolute atomic E-state index is 0.171. The molecule has 2 aromatic rings. The summed E-state index contributed by atoms with van der Waals surface area (Å²) in [5.41, 5.74) is 0.503. The normalized spacial score (nSPS) is 10.0.